The van der Waals surface area contributed by atoms with Crippen LogP contribution < -0.4 is 10.6 Å². The second kappa shape index (κ2) is 8.04. The van der Waals surface area contributed by atoms with Crippen LogP contribution >= 0.6 is 12.4 Å². The fourth-order valence-electron chi connectivity index (χ4n) is 2.71. The van der Waals surface area contributed by atoms with Crippen LogP contribution in [0.5, 0.6) is 0 Å². The van der Waals surface area contributed by atoms with Crippen LogP contribution in [-0.4, -0.2) is 38.9 Å². The number of carbonyl (C=O) groups is 1. The van der Waals surface area contributed by atoms with Crippen LogP contribution in [0.4, 0.5) is 11.4 Å². The molecule has 1 aromatic carbocycles. The lowest BCUT2D eigenvalue weighted by atomic mass is 10.1. The second-order valence-electron chi connectivity index (χ2n) is 5.78. The maximum Gasteiger partial charge on any atom is 0.277 e. The number of carbonyl (C=O) groups excluding carboxylic acids is 1. The van der Waals surface area contributed by atoms with Crippen LogP contribution in [0.15, 0.2) is 24.4 Å². The quantitative estimate of drug-likeness (QED) is 0.632. The highest BCUT2D eigenvalue weighted by Gasteiger charge is 2.19. The van der Waals surface area contributed by atoms with Crippen molar-refractivity contribution in [2.75, 3.05) is 18.4 Å². The van der Waals surface area contributed by atoms with Crippen molar-refractivity contribution in [1.29, 1.82) is 0 Å². The fraction of sp³-hybridized carbons (Fsp3) is 0.400. The Kier molecular flexibility index (Phi) is 6.05. The lowest BCUT2D eigenvalue weighted by Gasteiger charge is -2.22. The zero-order valence-electron chi connectivity index (χ0n) is 13.6. The molecule has 2 N–H and O–H groups in total. The third kappa shape index (κ3) is 4.31. The summed E-state index contributed by atoms with van der Waals surface area (Å²) < 4.78 is 1.72. The molecule has 9 nitrogen and oxygen atoms in total. The van der Waals surface area contributed by atoms with Gasteiger partial charge in [-0.1, -0.05) is 11.3 Å². The predicted molar refractivity (Wildman–Crippen MR) is 94.2 cm³/mol. The second-order valence-corrected chi connectivity index (χ2v) is 5.78. The number of anilines is 1. The Hall–Kier alpha value is -2.52. The summed E-state index contributed by atoms with van der Waals surface area (Å²) >= 11 is 0. The van der Waals surface area contributed by atoms with Crippen molar-refractivity contribution in [2.45, 2.75) is 25.8 Å². The van der Waals surface area contributed by atoms with Gasteiger partial charge < -0.3 is 10.6 Å². The molecule has 0 unspecified atom stereocenters. The molecule has 0 aliphatic carbocycles. The van der Waals surface area contributed by atoms with Gasteiger partial charge in [0.1, 0.15) is 0 Å². The normalized spacial score (nSPS) is 14.6. The number of nitro groups is 1. The summed E-state index contributed by atoms with van der Waals surface area (Å²) in [6.07, 6.45) is 3.50. The molecular weight excluding hydrogens is 348 g/mol. The lowest BCUT2D eigenvalue weighted by Crippen LogP contribution is -2.29. The maximum atomic E-state index is 12.3. The molecular formula is C15H19ClN6O3. The number of piperidine rings is 1. The largest absolute Gasteiger partial charge is 0.320 e. The van der Waals surface area contributed by atoms with E-state index >= 15 is 0 Å². The van der Waals surface area contributed by atoms with Crippen molar-refractivity contribution < 1.29 is 9.72 Å². The summed E-state index contributed by atoms with van der Waals surface area (Å²) in [6.45, 7) is 3.48. The van der Waals surface area contributed by atoms with E-state index in [9.17, 15) is 14.9 Å². The van der Waals surface area contributed by atoms with E-state index in [1.807, 2.05) is 0 Å². The van der Waals surface area contributed by atoms with E-state index in [2.05, 4.69) is 20.9 Å². The zero-order chi connectivity index (χ0) is 17.1. The summed E-state index contributed by atoms with van der Waals surface area (Å²) in [4.78, 5) is 22.8. The third-order valence-corrected chi connectivity index (χ3v) is 4.09. The minimum Gasteiger partial charge on any atom is -0.320 e. The number of amides is 1. The molecule has 134 valence electrons. The number of halogens is 1. The van der Waals surface area contributed by atoms with E-state index in [4.69, 9.17) is 0 Å². The Morgan fingerprint density at radius 1 is 1.40 bits per heavy atom. The van der Waals surface area contributed by atoms with E-state index < -0.39 is 10.8 Å². The van der Waals surface area contributed by atoms with E-state index in [0.29, 0.717) is 11.3 Å². The molecule has 1 fully saturated rings. The molecule has 1 saturated heterocycles. The van der Waals surface area contributed by atoms with Gasteiger partial charge in [0.2, 0.25) is 0 Å². The number of aromatic nitrogens is 3. The minimum atomic E-state index is -0.474. The summed E-state index contributed by atoms with van der Waals surface area (Å²) in [5.41, 5.74) is 1.05. The van der Waals surface area contributed by atoms with Gasteiger partial charge in [-0.3, -0.25) is 14.9 Å². The number of aryl methyl sites for hydroxylation is 1. The van der Waals surface area contributed by atoms with Gasteiger partial charge in [0.25, 0.3) is 11.6 Å². The van der Waals surface area contributed by atoms with Crippen LogP contribution in [-0.2, 0) is 0 Å². The molecule has 0 saturated carbocycles. The molecule has 1 aliphatic rings. The van der Waals surface area contributed by atoms with Crippen LogP contribution in [0.2, 0.25) is 0 Å². The van der Waals surface area contributed by atoms with Crippen molar-refractivity contribution in [2.24, 2.45) is 0 Å². The number of nitrogens with zero attached hydrogens (tertiary/aromatic N) is 4. The van der Waals surface area contributed by atoms with E-state index in [1.54, 1.807) is 29.9 Å². The van der Waals surface area contributed by atoms with Gasteiger partial charge in [-0.25, -0.2) is 4.68 Å². The Bertz CT molecular complexity index is 772. The standard InChI is InChI=1S/C15H18N6O3.ClH/c1-10-2-3-11(8-14(10)21(23)24)17-15(22)13-9-20(19-18-13)12-4-6-16-7-5-12;/h2-3,8-9,12,16H,4-7H2,1H3,(H,17,22);1H. The van der Waals surface area contributed by atoms with Crippen molar-refractivity contribution in [3.63, 3.8) is 0 Å². The zero-order valence-corrected chi connectivity index (χ0v) is 14.5. The number of nitrogens with one attached hydrogen (secondary N) is 2. The van der Waals surface area contributed by atoms with E-state index in [0.717, 1.165) is 25.9 Å². The van der Waals surface area contributed by atoms with Crippen LogP contribution in [0.1, 0.15) is 34.9 Å². The average Bonchev–Trinajstić information content (AvgIpc) is 3.07. The molecule has 1 aromatic heterocycles. The van der Waals surface area contributed by atoms with Crippen molar-refractivity contribution in [3.05, 3.63) is 45.8 Å². The van der Waals surface area contributed by atoms with Gasteiger partial charge in [-0.05, 0) is 38.9 Å². The topological polar surface area (TPSA) is 115 Å². The van der Waals surface area contributed by atoms with Crippen molar-refractivity contribution in [1.82, 2.24) is 20.3 Å². The molecule has 1 aliphatic heterocycles. The first-order valence-corrected chi connectivity index (χ1v) is 7.73. The van der Waals surface area contributed by atoms with Crippen molar-refractivity contribution in [3.8, 4) is 0 Å². The van der Waals surface area contributed by atoms with Gasteiger partial charge in [0, 0.05) is 17.3 Å². The molecule has 2 aromatic rings. The smallest absolute Gasteiger partial charge is 0.277 e. The summed E-state index contributed by atoms with van der Waals surface area (Å²) in [6, 6.07) is 4.79. The number of benzene rings is 1. The summed E-state index contributed by atoms with van der Waals surface area (Å²) in [7, 11) is 0. The first-order chi connectivity index (χ1) is 11.5. The molecule has 0 bridgehead atoms. The average molecular weight is 367 g/mol. The van der Waals surface area contributed by atoms with Crippen LogP contribution in [0, 0.1) is 17.0 Å². The lowest BCUT2D eigenvalue weighted by molar-refractivity contribution is -0.385. The summed E-state index contributed by atoms with van der Waals surface area (Å²) in [5, 5.41) is 24.8. The molecule has 0 radical (unpaired) electrons. The maximum absolute atomic E-state index is 12.3. The molecule has 0 atom stereocenters. The van der Waals surface area contributed by atoms with Gasteiger partial charge in [-0.15, -0.1) is 17.5 Å². The molecule has 3 rings (SSSR count). The Labute approximate surface area is 150 Å². The molecule has 10 heteroatoms. The molecule has 1 amide bonds. The molecule has 25 heavy (non-hydrogen) atoms. The highest BCUT2D eigenvalue weighted by atomic mass is 35.5. The fourth-order valence-corrected chi connectivity index (χ4v) is 2.71. The Morgan fingerprint density at radius 2 is 2.12 bits per heavy atom. The monoisotopic (exact) mass is 366 g/mol. The predicted octanol–water partition coefficient (Wildman–Crippen LogP) is 2.09. The number of nitro benzene ring substituents is 1. The first kappa shape index (κ1) is 18.8. The number of hydrogen-bond donors (Lipinski definition) is 2. The van der Waals surface area contributed by atoms with Gasteiger partial charge in [0.15, 0.2) is 5.69 Å². The first-order valence-electron chi connectivity index (χ1n) is 7.73. The van der Waals surface area contributed by atoms with Crippen LogP contribution in [0.25, 0.3) is 0 Å². The highest BCUT2D eigenvalue weighted by Crippen LogP contribution is 2.23. The molecule has 2 heterocycles. The number of hydrogen-bond acceptors (Lipinski definition) is 6. The van der Waals surface area contributed by atoms with E-state index in [-0.39, 0.29) is 29.8 Å². The highest BCUT2D eigenvalue weighted by molar-refractivity contribution is 6.02. The minimum absolute atomic E-state index is 0. The Morgan fingerprint density at radius 3 is 2.80 bits per heavy atom. The van der Waals surface area contributed by atoms with Gasteiger partial charge >= 0.3 is 0 Å². The van der Waals surface area contributed by atoms with Gasteiger partial charge in [-0.2, -0.15) is 0 Å². The Balaban J connectivity index is 0.00000225. The van der Waals surface area contributed by atoms with Crippen LogP contribution in [0.3, 0.4) is 0 Å². The SMILES string of the molecule is Cc1ccc(NC(=O)c2cn(C3CCNCC3)nn2)cc1[N+](=O)[O-].Cl. The van der Waals surface area contributed by atoms with Gasteiger partial charge in [0.05, 0.1) is 17.2 Å². The molecule has 0 spiro atoms. The van der Waals surface area contributed by atoms with Crippen molar-refractivity contribution >= 4 is 29.7 Å². The number of rotatable bonds is 4. The third-order valence-electron chi connectivity index (χ3n) is 4.09. The summed E-state index contributed by atoms with van der Waals surface area (Å²) in [5.74, 6) is -0.437. The van der Waals surface area contributed by atoms with E-state index in [1.165, 1.54) is 6.07 Å².